The number of thiazole rings is 1. The van der Waals surface area contributed by atoms with Gasteiger partial charge in [0.05, 0.1) is 17.1 Å². The maximum atomic E-state index is 13.2. The number of benzene rings is 2. The van der Waals surface area contributed by atoms with Crippen molar-refractivity contribution in [3.8, 4) is 5.88 Å². The van der Waals surface area contributed by atoms with E-state index in [0.29, 0.717) is 11.6 Å². The fourth-order valence-corrected chi connectivity index (χ4v) is 3.49. The Balaban J connectivity index is 1.74. The highest BCUT2D eigenvalue weighted by Crippen LogP contribution is 2.38. The van der Waals surface area contributed by atoms with Gasteiger partial charge in [0.1, 0.15) is 5.82 Å². The number of aromatic nitrogens is 1. The van der Waals surface area contributed by atoms with Crippen LogP contribution in [-0.2, 0) is 0 Å². The predicted octanol–water partition coefficient (Wildman–Crippen LogP) is 4.34. The molecule has 1 atom stereocenters. The smallest absolute Gasteiger partial charge is 0.223 e. The van der Waals surface area contributed by atoms with Crippen LogP contribution in [-0.4, -0.2) is 15.8 Å². The van der Waals surface area contributed by atoms with Crippen LogP contribution in [0.2, 0.25) is 0 Å². The summed E-state index contributed by atoms with van der Waals surface area (Å²) in [6.45, 7) is 0. The quantitative estimate of drug-likeness (QED) is 0.772. The highest BCUT2D eigenvalue weighted by molar-refractivity contribution is 7.13. The van der Waals surface area contributed by atoms with Gasteiger partial charge in [0.15, 0.2) is 0 Å². The first-order valence-corrected chi connectivity index (χ1v) is 8.41. The monoisotopic (exact) mass is 339 g/mol. The van der Waals surface area contributed by atoms with E-state index in [0.717, 1.165) is 16.8 Å². The molecule has 0 fully saturated rings. The van der Waals surface area contributed by atoms with Crippen molar-refractivity contribution in [1.29, 1.82) is 0 Å². The van der Waals surface area contributed by atoms with Crippen LogP contribution in [0.3, 0.4) is 0 Å². The molecular weight excluding hydrogens is 325 g/mol. The number of rotatable bonds is 3. The summed E-state index contributed by atoms with van der Waals surface area (Å²) in [6, 6.07) is 16.4. The second-order valence-corrected chi connectivity index (χ2v) is 6.35. The molecule has 0 spiro atoms. The first kappa shape index (κ1) is 14.8. The normalized spacial score (nSPS) is 17.1. The molecule has 4 nitrogen and oxygen atoms in total. The highest BCUT2D eigenvalue weighted by atomic mass is 32.1. The lowest BCUT2D eigenvalue weighted by atomic mass is 9.99. The minimum Gasteiger partial charge on any atom is -0.493 e. The van der Waals surface area contributed by atoms with Gasteiger partial charge >= 0.3 is 0 Å². The molecule has 0 radical (unpaired) electrons. The van der Waals surface area contributed by atoms with Crippen molar-refractivity contribution in [2.24, 2.45) is 5.10 Å². The largest absolute Gasteiger partial charge is 0.493 e. The Morgan fingerprint density at radius 1 is 1.08 bits per heavy atom. The van der Waals surface area contributed by atoms with Gasteiger partial charge in [0, 0.05) is 6.42 Å². The number of hydrazone groups is 1. The van der Waals surface area contributed by atoms with E-state index in [2.05, 4.69) is 4.98 Å². The molecular formula is C18H14FN3OS. The molecule has 1 aliphatic heterocycles. The van der Waals surface area contributed by atoms with E-state index >= 15 is 0 Å². The zero-order valence-corrected chi connectivity index (χ0v) is 13.4. The maximum Gasteiger partial charge on any atom is 0.223 e. The van der Waals surface area contributed by atoms with Crippen LogP contribution < -0.4 is 5.01 Å². The van der Waals surface area contributed by atoms with Gasteiger partial charge in [-0.1, -0.05) is 53.8 Å². The summed E-state index contributed by atoms with van der Waals surface area (Å²) in [5, 5.41) is 18.3. The second-order valence-electron chi connectivity index (χ2n) is 5.52. The minimum atomic E-state index is -0.265. The van der Waals surface area contributed by atoms with Gasteiger partial charge in [-0.25, -0.2) is 9.40 Å². The molecule has 1 aromatic heterocycles. The van der Waals surface area contributed by atoms with Gasteiger partial charge in [0.25, 0.3) is 0 Å². The summed E-state index contributed by atoms with van der Waals surface area (Å²) in [4.78, 5) is 4.14. The molecule has 0 bridgehead atoms. The van der Waals surface area contributed by atoms with Gasteiger partial charge in [-0.15, -0.1) is 0 Å². The van der Waals surface area contributed by atoms with Gasteiger partial charge in [-0.3, -0.25) is 0 Å². The summed E-state index contributed by atoms with van der Waals surface area (Å²) < 4.78 is 13.2. The van der Waals surface area contributed by atoms with E-state index in [9.17, 15) is 9.50 Å². The number of halogens is 1. The van der Waals surface area contributed by atoms with Crippen LogP contribution in [0.1, 0.15) is 23.6 Å². The standard InChI is InChI=1S/C18H14FN3OS/c19-14-8-6-12(7-9-14)15-10-16(13-4-2-1-3-5-13)22(21-15)18-20-17(23)11-24-18/h1-9,11,16,23H,10H2. The molecule has 3 aromatic rings. The molecule has 6 heteroatoms. The molecule has 2 aromatic carbocycles. The van der Waals surface area contributed by atoms with Crippen LogP contribution in [0, 0.1) is 5.82 Å². The number of aromatic hydroxyl groups is 1. The zero-order chi connectivity index (χ0) is 16.5. The molecule has 1 unspecified atom stereocenters. The Labute approximate surface area is 142 Å². The fraction of sp³-hybridized carbons (Fsp3) is 0.111. The maximum absolute atomic E-state index is 13.2. The lowest BCUT2D eigenvalue weighted by Crippen LogP contribution is -2.18. The first-order chi connectivity index (χ1) is 11.7. The third-order valence-electron chi connectivity index (χ3n) is 3.95. The SMILES string of the molecule is Oc1csc(N2N=C(c3ccc(F)cc3)CC2c2ccccc2)n1. The highest BCUT2D eigenvalue weighted by Gasteiger charge is 2.31. The van der Waals surface area contributed by atoms with Crippen LogP contribution in [0.4, 0.5) is 9.52 Å². The number of anilines is 1. The molecule has 0 saturated heterocycles. The van der Waals surface area contributed by atoms with E-state index in [1.165, 1.54) is 23.5 Å². The minimum absolute atomic E-state index is 0.00296. The van der Waals surface area contributed by atoms with Crippen molar-refractivity contribution < 1.29 is 9.50 Å². The summed E-state index contributed by atoms with van der Waals surface area (Å²) in [7, 11) is 0. The van der Waals surface area contributed by atoms with Crippen molar-refractivity contribution >= 4 is 22.2 Å². The van der Waals surface area contributed by atoms with Gasteiger partial charge in [-0.05, 0) is 23.3 Å². The number of nitrogens with zero attached hydrogens (tertiary/aromatic N) is 3. The van der Waals surface area contributed by atoms with Crippen LogP contribution in [0.15, 0.2) is 65.1 Å². The van der Waals surface area contributed by atoms with E-state index in [4.69, 9.17) is 5.10 Å². The average Bonchev–Trinajstić information content (AvgIpc) is 3.23. The van der Waals surface area contributed by atoms with Gasteiger partial charge < -0.3 is 5.11 Å². The van der Waals surface area contributed by atoms with E-state index in [1.54, 1.807) is 17.5 Å². The third-order valence-corrected chi connectivity index (χ3v) is 4.77. The Morgan fingerprint density at radius 3 is 2.50 bits per heavy atom. The Hall–Kier alpha value is -2.73. The van der Waals surface area contributed by atoms with E-state index in [1.807, 2.05) is 35.3 Å². The number of hydrogen-bond donors (Lipinski definition) is 1. The van der Waals surface area contributed by atoms with E-state index in [-0.39, 0.29) is 17.7 Å². The third kappa shape index (κ3) is 2.76. The molecule has 1 N–H and O–H groups in total. The summed E-state index contributed by atoms with van der Waals surface area (Å²) >= 11 is 1.34. The van der Waals surface area contributed by atoms with Gasteiger partial charge in [-0.2, -0.15) is 10.1 Å². The predicted molar refractivity (Wildman–Crippen MR) is 93.0 cm³/mol. The van der Waals surface area contributed by atoms with Crippen molar-refractivity contribution in [3.05, 3.63) is 76.9 Å². The van der Waals surface area contributed by atoms with Crippen molar-refractivity contribution in [2.45, 2.75) is 12.5 Å². The lowest BCUT2D eigenvalue weighted by Gasteiger charge is -2.20. The van der Waals surface area contributed by atoms with Gasteiger partial charge in [0.2, 0.25) is 11.0 Å². The van der Waals surface area contributed by atoms with Crippen LogP contribution >= 0.6 is 11.3 Å². The number of hydrogen-bond acceptors (Lipinski definition) is 5. The zero-order valence-electron chi connectivity index (χ0n) is 12.6. The fourth-order valence-electron chi connectivity index (χ4n) is 2.80. The second kappa shape index (κ2) is 6.05. The topological polar surface area (TPSA) is 48.7 Å². The van der Waals surface area contributed by atoms with Crippen LogP contribution in [0.25, 0.3) is 0 Å². The molecule has 0 aliphatic carbocycles. The van der Waals surface area contributed by atoms with Crippen molar-refractivity contribution in [2.75, 3.05) is 5.01 Å². The Morgan fingerprint density at radius 2 is 1.83 bits per heavy atom. The summed E-state index contributed by atoms with van der Waals surface area (Å²) in [5.74, 6) is -0.272. The summed E-state index contributed by atoms with van der Waals surface area (Å²) in [5.41, 5.74) is 2.88. The molecule has 4 rings (SSSR count). The van der Waals surface area contributed by atoms with E-state index < -0.39 is 0 Å². The molecule has 24 heavy (non-hydrogen) atoms. The van der Waals surface area contributed by atoms with Crippen LogP contribution in [0.5, 0.6) is 5.88 Å². The molecule has 2 heterocycles. The molecule has 1 aliphatic rings. The lowest BCUT2D eigenvalue weighted by molar-refractivity contribution is 0.457. The van der Waals surface area contributed by atoms with Crippen molar-refractivity contribution in [3.63, 3.8) is 0 Å². The average molecular weight is 339 g/mol. The Kier molecular flexibility index (Phi) is 3.74. The molecule has 120 valence electrons. The molecule has 0 amide bonds. The van der Waals surface area contributed by atoms with Crippen molar-refractivity contribution in [1.82, 2.24) is 4.98 Å². The molecule has 0 saturated carbocycles. The Bertz CT molecular complexity index is 877. The first-order valence-electron chi connectivity index (χ1n) is 7.53. The summed E-state index contributed by atoms with van der Waals surface area (Å²) in [6.07, 6.45) is 0.690.